The van der Waals surface area contributed by atoms with Gasteiger partial charge in [-0.25, -0.2) is 9.78 Å². The summed E-state index contributed by atoms with van der Waals surface area (Å²) in [5.41, 5.74) is 6.25. The third-order valence-corrected chi connectivity index (χ3v) is 3.12. The lowest BCUT2D eigenvalue weighted by Gasteiger charge is -2.24. The maximum absolute atomic E-state index is 12.0. The van der Waals surface area contributed by atoms with Crippen molar-refractivity contribution in [2.45, 2.75) is 38.7 Å². The van der Waals surface area contributed by atoms with E-state index in [0.717, 1.165) is 18.5 Å². The van der Waals surface area contributed by atoms with E-state index in [1.807, 2.05) is 26.8 Å². The van der Waals surface area contributed by atoms with Crippen molar-refractivity contribution >= 4 is 11.9 Å². The van der Waals surface area contributed by atoms with E-state index in [9.17, 15) is 4.79 Å². The number of nitrogens with two attached hydrogens (primary N) is 1. The topological polar surface area (TPSA) is 68.5 Å². The van der Waals surface area contributed by atoms with Crippen LogP contribution in [0.5, 0.6) is 0 Å². The lowest BCUT2D eigenvalue weighted by molar-refractivity contribution is 0.0292. The summed E-state index contributed by atoms with van der Waals surface area (Å²) in [5, 5.41) is 0. The maximum atomic E-state index is 12.0. The highest BCUT2D eigenvalue weighted by molar-refractivity contribution is 5.68. The smallest absolute Gasteiger partial charge is 0.410 e. The number of anilines is 1. The van der Waals surface area contributed by atoms with Crippen molar-refractivity contribution in [2.75, 3.05) is 18.8 Å². The number of nitrogens with zero attached hydrogens (tertiary/aromatic N) is 2. The molecule has 1 aliphatic heterocycles. The standard InChI is InChI=1S/C14H21N3O2/c1-14(2,3)19-13(18)17-7-6-11(9-17)10-4-5-12(15)16-8-10/h4-5,8,11H,6-7,9H2,1-3H3,(H2,15,16)/t11-/m1/s1. The fourth-order valence-corrected chi connectivity index (χ4v) is 2.18. The van der Waals surface area contributed by atoms with Gasteiger partial charge in [0, 0.05) is 25.2 Å². The number of nitrogen functional groups attached to an aromatic ring is 1. The molecule has 0 aliphatic carbocycles. The summed E-state index contributed by atoms with van der Waals surface area (Å²) in [4.78, 5) is 17.8. The molecule has 19 heavy (non-hydrogen) atoms. The molecule has 5 nitrogen and oxygen atoms in total. The molecule has 0 unspecified atom stereocenters. The molecule has 1 saturated heterocycles. The van der Waals surface area contributed by atoms with E-state index < -0.39 is 5.60 Å². The number of amides is 1. The Morgan fingerprint density at radius 1 is 1.47 bits per heavy atom. The second-order valence-corrected chi connectivity index (χ2v) is 5.93. The van der Waals surface area contributed by atoms with Crippen LogP contribution in [0.4, 0.5) is 10.6 Å². The van der Waals surface area contributed by atoms with E-state index >= 15 is 0 Å². The quantitative estimate of drug-likeness (QED) is 0.844. The van der Waals surface area contributed by atoms with Gasteiger partial charge in [-0.05, 0) is 38.8 Å². The molecule has 0 aromatic carbocycles. The van der Waals surface area contributed by atoms with E-state index in [2.05, 4.69) is 4.98 Å². The Morgan fingerprint density at radius 3 is 2.79 bits per heavy atom. The van der Waals surface area contributed by atoms with Crippen molar-refractivity contribution in [3.63, 3.8) is 0 Å². The number of hydrogen-bond acceptors (Lipinski definition) is 4. The monoisotopic (exact) mass is 263 g/mol. The molecule has 2 heterocycles. The van der Waals surface area contributed by atoms with Crippen LogP contribution >= 0.6 is 0 Å². The molecule has 0 bridgehead atoms. The second kappa shape index (κ2) is 5.07. The van der Waals surface area contributed by atoms with Crippen LogP contribution in [-0.4, -0.2) is 34.7 Å². The predicted molar refractivity (Wildman–Crippen MR) is 73.8 cm³/mol. The Labute approximate surface area is 113 Å². The van der Waals surface area contributed by atoms with E-state index in [0.29, 0.717) is 18.3 Å². The summed E-state index contributed by atoms with van der Waals surface area (Å²) >= 11 is 0. The summed E-state index contributed by atoms with van der Waals surface area (Å²) in [6, 6.07) is 3.77. The summed E-state index contributed by atoms with van der Waals surface area (Å²) in [7, 11) is 0. The molecule has 1 aliphatic rings. The third kappa shape index (κ3) is 3.59. The van der Waals surface area contributed by atoms with Gasteiger partial charge < -0.3 is 15.4 Å². The summed E-state index contributed by atoms with van der Waals surface area (Å²) in [5.74, 6) is 0.839. The molecule has 5 heteroatoms. The fraction of sp³-hybridized carbons (Fsp3) is 0.571. The first-order valence-electron chi connectivity index (χ1n) is 6.54. The molecule has 1 atom stereocenters. The fourth-order valence-electron chi connectivity index (χ4n) is 2.18. The second-order valence-electron chi connectivity index (χ2n) is 5.93. The largest absolute Gasteiger partial charge is 0.444 e. The van der Waals surface area contributed by atoms with Crippen molar-refractivity contribution < 1.29 is 9.53 Å². The number of carbonyl (C=O) groups excluding carboxylic acids is 1. The van der Waals surface area contributed by atoms with Crippen molar-refractivity contribution in [1.29, 1.82) is 0 Å². The number of rotatable bonds is 1. The van der Waals surface area contributed by atoms with E-state index in [-0.39, 0.29) is 6.09 Å². The Kier molecular flexibility index (Phi) is 3.64. The Hall–Kier alpha value is -1.78. The van der Waals surface area contributed by atoms with Crippen molar-refractivity contribution in [1.82, 2.24) is 9.88 Å². The Balaban J connectivity index is 1.96. The van der Waals surface area contributed by atoms with Crippen molar-refractivity contribution in [2.24, 2.45) is 0 Å². The van der Waals surface area contributed by atoms with Crippen molar-refractivity contribution in [3.05, 3.63) is 23.9 Å². The number of aromatic nitrogens is 1. The molecule has 1 aromatic rings. The van der Waals surface area contributed by atoms with E-state index in [1.165, 1.54) is 0 Å². The SMILES string of the molecule is CC(C)(C)OC(=O)N1CC[C@@H](c2ccc(N)nc2)C1. The van der Waals surface area contributed by atoms with Gasteiger partial charge in [0.1, 0.15) is 11.4 Å². The zero-order valence-corrected chi connectivity index (χ0v) is 11.7. The number of likely N-dealkylation sites (tertiary alicyclic amines) is 1. The molecule has 1 fully saturated rings. The number of ether oxygens (including phenoxy) is 1. The minimum atomic E-state index is -0.447. The first-order valence-corrected chi connectivity index (χ1v) is 6.54. The number of pyridine rings is 1. The average molecular weight is 263 g/mol. The summed E-state index contributed by atoms with van der Waals surface area (Å²) < 4.78 is 5.38. The average Bonchev–Trinajstić information content (AvgIpc) is 2.77. The molecule has 104 valence electrons. The Bertz CT molecular complexity index is 451. The first-order chi connectivity index (χ1) is 8.85. The predicted octanol–water partition coefficient (Wildman–Crippen LogP) is 2.39. The van der Waals surface area contributed by atoms with Crippen LogP contribution < -0.4 is 5.73 Å². The molecule has 2 N–H and O–H groups in total. The molecule has 1 aromatic heterocycles. The number of carbonyl (C=O) groups is 1. The van der Waals surface area contributed by atoms with Gasteiger partial charge in [0.2, 0.25) is 0 Å². The van der Waals surface area contributed by atoms with Crippen molar-refractivity contribution in [3.8, 4) is 0 Å². The van der Waals surface area contributed by atoms with Crippen LogP contribution in [-0.2, 0) is 4.74 Å². The molecule has 0 radical (unpaired) electrons. The highest BCUT2D eigenvalue weighted by Crippen LogP contribution is 2.28. The Morgan fingerprint density at radius 2 is 2.21 bits per heavy atom. The van der Waals surface area contributed by atoms with Gasteiger partial charge in [0.15, 0.2) is 0 Å². The zero-order chi connectivity index (χ0) is 14.0. The van der Waals surface area contributed by atoms with E-state index in [1.54, 1.807) is 17.2 Å². The molecule has 2 rings (SSSR count). The normalized spacial score (nSPS) is 19.5. The highest BCUT2D eigenvalue weighted by Gasteiger charge is 2.30. The summed E-state index contributed by atoms with van der Waals surface area (Å²) in [6.07, 6.45) is 2.49. The van der Waals surface area contributed by atoms with Gasteiger partial charge in [-0.1, -0.05) is 6.07 Å². The molecule has 0 saturated carbocycles. The lowest BCUT2D eigenvalue weighted by atomic mass is 10.0. The number of hydrogen-bond donors (Lipinski definition) is 1. The summed E-state index contributed by atoms with van der Waals surface area (Å²) in [6.45, 7) is 7.04. The van der Waals surface area contributed by atoms with Gasteiger partial charge in [-0.3, -0.25) is 0 Å². The minimum Gasteiger partial charge on any atom is -0.444 e. The molecular formula is C14H21N3O2. The lowest BCUT2D eigenvalue weighted by Crippen LogP contribution is -2.35. The van der Waals surface area contributed by atoms with Crippen LogP contribution in [0.3, 0.4) is 0 Å². The van der Waals surface area contributed by atoms with Gasteiger partial charge >= 0.3 is 6.09 Å². The van der Waals surface area contributed by atoms with Crippen LogP contribution in [0, 0.1) is 0 Å². The van der Waals surface area contributed by atoms with Crippen LogP contribution in [0.1, 0.15) is 38.7 Å². The van der Waals surface area contributed by atoms with Crippen LogP contribution in [0.15, 0.2) is 18.3 Å². The zero-order valence-electron chi connectivity index (χ0n) is 11.7. The van der Waals surface area contributed by atoms with Gasteiger partial charge in [0.25, 0.3) is 0 Å². The van der Waals surface area contributed by atoms with Gasteiger partial charge in [0.05, 0.1) is 0 Å². The molecule has 1 amide bonds. The highest BCUT2D eigenvalue weighted by atomic mass is 16.6. The molecule has 0 spiro atoms. The van der Waals surface area contributed by atoms with E-state index in [4.69, 9.17) is 10.5 Å². The first kappa shape index (κ1) is 13.6. The maximum Gasteiger partial charge on any atom is 0.410 e. The minimum absolute atomic E-state index is 0.238. The third-order valence-electron chi connectivity index (χ3n) is 3.12. The molecular weight excluding hydrogens is 242 g/mol. The van der Waals surface area contributed by atoms with Crippen LogP contribution in [0.2, 0.25) is 0 Å². The van der Waals surface area contributed by atoms with Crippen LogP contribution in [0.25, 0.3) is 0 Å². The van der Waals surface area contributed by atoms with Gasteiger partial charge in [-0.15, -0.1) is 0 Å². The van der Waals surface area contributed by atoms with Gasteiger partial charge in [-0.2, -0.15) is 0 Å².